The highest BCUT2D eigenvalue weighted by atomic mass is 16.5. The molecule has 2 aromatic heterocycles. The Balaban J connectivity index is 2.01. The third kappa shape index (κ3) is 1.75. The molecule has 0 unspecified atom stereocenters. The van der Waals surface area contributed by atoms with Crippen LogP contribution in [0, 0.1) is 6.92 Å². The minimum absolute atomic E-state index is 0.450. The van der Waals surface area contributed by atoms with Crippen LogP contribution in [0.4, 0.5) is 5.69 Å². The first-order valence-corrected chi connectivity index (χ1v) is 5.33. The fourth-order valence-corrected chi connectivity index (χ4v) is 1.73. The molecule has 17 heavy (non-hydrogen) atoms. The van der Waals surface area contributed by atoms with Crippen LogP contribution in [0.3, 0.4) is 0 Å². The monoisotopic (exact) mass is 228 g/mol. The van der Waals surface area contributed by atoms with Crippen molar-refractivity contribution < 1.29 is 4.74 Å². The Morgan fingerprint density at radius 1 is 1.41 bits per heavy atom. The number of pyridine rings is 1. The summed E-state index contributed by atoms with van der Waals surface area (Å²) in [6, 6.07) is 3.85. The molecule has 0 radical (unpaired) electrons. The van der Waals surface area contributed by atoms with Crippen molar-refractivity contribution in [2.75, 3.05) is 11.9 Å². The molecule has 0 aromatic carbocycles. The summed E-state index contributed by atoms with van der Waals surface area (Å²) >= 11 is 0. The van der Waals surface area contributed by atoms with Gasteiger partial charge < -0.3 is 15.0 Å². The van der Waals surface area contributed by atoms with E-state index in [0.29, 0.717) is 12.5 Å². The number of anilines is 1. The Morgan fingerprint density at radius 3 is 3.06 bits per heavy atom. The number of hydrogen-bond acceptors (Lipinski definition) is 4. The number of aryl methyl sites for hydroxylation is 1. The molecule has 2 aromatic rings. The van der Waals surface area contributed by atoms with Crippen molar-refractivity contribution in [1.29, 1.82) is 0 Å². The van der Waals surface area contributed by atoms with Crippen molar-refractivity contribution >= 4 is 5.69 Å². The average Bonchev–Trinajstić information content (AvgIpc) is 2.75. The molecule has 5 heteroatoms. The van der Waals surface area contributed by atoms with Gasteiger partial charge in [0, 0.05) is 5.70 Å². The van der Waals surface area contributed by atoms with E-state index < -0.39 is 0 Å². The van der Waals surface area contributed by atoms with E-state index >= 15 is 0 Å². The molecule has 1 aliphatic heterocycles. The fraction of sp³-hybridized carbons (Fsp3) is 0.167. The maximum atomic E-state index is 5.50. The molecule has 86 valence electrons. The lowest BCUT2D eigenvalue weighted by Gasteiger charge is -2.20. The highest BCUT2D eigenvalue weighted by Crippen LogP contribution is 2.30. The van der Waals surface area contributed by atoms with Gasteiger partial charge in [-0.2, -0.15) is 0 Å². The lowest BCUT2D eigenvalue weighted by molar-refractivity contribution is 0.333. The number of rotatable bonds is 1. The smallest absolute Gasteiger partial charge is 0.238 e. The normalized spacial score (nSPS) is 13.8. The summed E-state index contributed by atoms with van der Waals surface area (Å²) in [5.74, 6) is 1.47. The largest absolute Gasteiger partial charge is 0.470 e. The summed E-state index contributed by atoms with van der Waals surface area (Å²) in [5, 5.41) is 3.14. The van der Waals surface area contributed by atoms with E-state index in [-0.39, 0.29) is 0 Å². The Labute approximate surface area is 98.6 Å². The molecular formula is C12H12N4O. The molecule has 0 saturated carbocycles. The molecule has 3 heterocycles. The molecule has 2 N–H and O–H groups in total. The second-order valence-electron chi connectivity index (χ2n) is 3.95. The molecule has 0 amide bonds. The summed E-state index contributed by atoms with van der Waals surface area (Å²) in [4.78, 5) is 11.7. The van der Waals surface area contributed by atoms with E-state index in [1.807, 2.05) is 19.1 Å². The van der Waals surface area contributed by atoms with Crippen LogP contribution in [0.1, 0.15) is 5.82 Å². The molecule has 0 fully saturated rings. The van der Waals surface area contributed by atoms with Gasteiger partial charge >= 0.3 is 0 Å². The van der Waals surface area contributed by atoms with Gasteiger partial charge in [-0.05, 0) is 19.1 Å². The van der Waals surface area contributed by atoms with Gasteiger partial charge in [0.1, 0.15) is 18.1 Å². The standard InChI is InChI=1S/C12H12N4O/c1-7-6-17-12-10(14-7)4-3-9(16-12)11-5-13-8(2)15-11/h3-5,14H,1,6H2,2H3,(H,13,15). The van der Waals surface area contributed by atoms with E-state index in [4.69, 9.17) is 4.74 Å². The van der Waals surface area contributed by atoms with Crippen LogP contribution in [0.15, 0.2) is 30.6 Å². The van der Waals surface area contributed by atoms with Crippen molar-refractivity contribution in [3.63, 3.8) is 0 Å². The van der Waals surface area contributed by atoms with Gasteiger partial charge in [0.15, 0.2) is 0 Å². The van der Waals surface area contributed by atoms with Gasteiger partial charge in [-0.15, -0.1) is 0 Å². The fourth-order valence-electron chi connectivity index (χ4n) is 1.73. The van der Waals surface area contributed by atoms with Crippen LogP contribution in [0.25, 0.3) is 11.4 Å². The Kier molecular flexibility index (Phi) is 2.11. The molecule has 0 spiro atoms. The molecule has 1 aliphatic rings. The van der Waals surface area contributed by atoms with Crippen LogP contribution in [-0.2, 0) is 0 Å². The number of imidazole rings is 1. The summed E-state index contributed by atoms with van der Waals surface area (Å²) in [5.41, 5.74) is 3.39. The average molecular weight is 228 g/mol. The number of nitrogens with one attached hydrogen (secondary N) is 2. The third-order valence-corrected chi connectivity index (χ3v) is 2.53. The number of aromatic nitrogens is 3. The molecule has 5 nitrogen and oxygen atoms in total. The lowest BCUT2D eigenvalue weighted by atomic mass is 10.2. The Morgan fingerprint density at radius 2 is 2.29 bits per heavy atom. The van der Waals surface area contributed by atoms with Crippen LogP contribution in [0.5, 0.6) is 5.88 Å². The first kappa shape index (κ1) is 9.89. The number of ether oxygens (including phenoxy) is 1. The van der Waals surface area contributed by atoms with Gasteiger partial charge in [-0.25, -0.2) is 9.97 Å². The van der Waals surface area contributed by atoms with Gasteiger partial charge in [0.25, 0.3) is 0 Å². The molecular weight excluding hydrogens is 216 g/mol. The number of nitrogens with zero attached hydrogens (tertiary/aromatic N) is 2. The van der Waals surface area contributed by atoms with E-state index in [2.05, 4.69) is 26.8 Å². The maximum Gasteiger partial charge on any atom is 0.238 e. The van der Waals surface area contributed by atoms with Crippen molar-refractivity contribution in [1.82, 2.24) is 15.0 Å². The second kappa shape index (κ2) is 3.62. The highest BCUT2D eigenvalue weighted by molar-refractivity contribution is 5.64. The minimum atomic E-state index is 0.450. The summed E-state index contributed by atoms with van der Waals surface area (Å²) in [6.45, 7) is 6.17. The molecule has 0 atom stereocenters. The summed E-state index contributed by atoms with van der Waals surface area (Å²) in [7, 11) is 0. The van der Waals surface area contributed by atoms with E-state index in [1.165, 1.54) is 0 Å². The van der Waals surface area contributed by atoms with Gasteiger partial charge in [0.2, 0.25) is 5.88 Å². The predicted octanol–water partition coefficient (Wildman–Crippen LogP) is 2.10. The molecule has 3 rings (SSSR count). The SMILES string of the molecule is C=C1COc2nc(-c3cnc(C)[nH]3)ccc2N1. The predicted molar refractivity (Wildman–Crippen MR) is 64.8 cm³/mol. The Bertz CT molecular complexity index is 588. The third-order valence-electron chi connectivity index (χ3n) is 2.53. The second-order valence-corrected chi connectivity index (χ2v) is 3.95. The first-order chi connectivity index (χ1) is 8.22. The maximum absolute atomic E-state index is 5.50. The zero-order valence-corrected chi connectivity index (χ0v) is 9.45. The number of hydrogen-bond donors (Lipinski definition) is 2. The number of aromatic amines is 1. The van der Waals surface area contributed by atoms with Crippen molar-refractivity contribution in [3.05, 3.63) is 36.4 Å². The van der Waals surface area contributed by atoms with E-state index in [9.17, 15) is 0 Å². The zero-order chi connectivity index (χ0) is 11.8. The number of fused-ring (bicyclic) bond motifs is 1. The van der Waals surface area contributed by atoms with E-state index in [1.54, 1.807) is 6.20 Å². The van der Waals surface area contributed by atoms with E-state index in [0.717, 1.165) is 28.6 Å². The first-order valence-electron chi connectivity index (χ1n) is 5.33. The molecule has 0 bridgehead atoms. The topological polar surface area (TPSA) is 62.8 Å². The zero-order valence-electron chi connectivity index (χ0n) is 9.45. The molecule has 0 saturated heterocycles. The van der Waals surface area contributed by atoms with Crippen LogP contribution >= 0.6 is 0 Å². The highest BCUT2D eigenvalue weighted by Gasteiger charge is 2.15. The van der Waals surface area contributed by atoms with Crippen molar-refractivity contribution in [2.24, 2.45) is 0 Å². The minimum Gasteiger partial charge on any atom is -0.470 e. The lowest BCUT2D eigenvalue weighted by Crippen LogP contribution is -2.16. The van der Waals surface area contributed by atoms with Crippen molar-refractivity contribution in [2.45, 2.75) is 6.92 Å². The van der Waals surface area contributed by atoms with Crippen molar-refractivity contribution in [3.8, 4) is 17.3 Å². The van der Waals surface area contributed by atoms with Gasteiger partial charge in [-0.1, -0.05) is 6.58 Å². The van der Waals surface area contributed by atoms with Gasteiger partial charge in [0.05, 0.1) is 17.6 Å². The number of H-pyrrole nitrogens is 1. The summed E-state index contributed by atoms with van der Waals surface area (Å²) in [6.07, 6.45) is 1.76. The Hall–Kier alpha value is -2.30. The van der Waals surface area contributed by atoms with Gasteiger partial charge in [-0.3, -0.25) is 0 Å². The van der Waals surface area contributed by atoms with Crippen LogP contribution in [0.2, 0.25) is 0 Å². The van der Waals surface area contributed by atoms with Crippen LogP contribution in [-0.4, -0.2) is 21.6 Å². The quantitative estimate of drug-likeness (QED) is 0.784. The molecule has 0 aliphatic carbocycles. The summed E-state index contributed by atoms with van der Waals surface area (Å²) < 4.78 is 5.50. The van der Waals surface area contributed by atoms with Crippen LogP contribution < -0.4 is 10.1 Å².